The second kappa shape index (κ2) is 5.40. The summed E-state index contributed by atoms with van der Waals surface area (Å²) in [5.41, 5.74) is 0.862. The lowest BCUT2D eigenvalue weighted by atomic mass is 10.2. The molecule has 1 heterocycles. The molecule has 18 heavy (non-hydrogen) atoms. The number of allylic oxidation sites excluding steroid dienone is 1. The molecule has 2 rings (SSSR count). The highest BCUT2D eigenvalue weighted by molar-refractivity contribution is 7.12. The van der Waals surface area contributed by atoms with Crippen molar-refractivity contribution in [1.82, 2.24) is 10.3 Å². The Morgan fingerprint density at radius 1 is 1.56 bits per heavy atom. The average Bonchev–Trinajstić information content (AvgIpc) is 2.95. The highest BCUT2D eigenvalue weighted by Gasteiger charge is 2.34. The van der Waals surface area contributed by atoms with Gasteiger partial charge in [-0.15, -0.1) is 11.3 Å². The number of nitrogens with zero attached hydrogens (tertiary/aromatic N) is 1. The van der Waals surface area contributed by atoms with E-state index in [9.17, 15) is 13.2 Å². The molecule has 1 saturated carbocycles. The van der Waals surface area contributed by atoms with Crippen molar-refractivity contribution in [2.45, 2.75) is 38.4 Å². The van der Waals surface area contributed by atoms with E-state index in [0.29, 0.717) is 22.3 Å². The molecule has 0 saturated heterocycles. The third-order valence-corrected chi connectivity index (χ3v) is 3.92. The van der Waals surface area contributed by atoms with Crippen LogP contribution in [0.2, 0.25) is 0 Å². The lowest BCUT2D eigenvalue weighted by molar-refractivity contribution is -0.137. The van der Waals surface area contributed by atoms with Crippen LogP contribution in [-0.4, -0.2) is 17.6 Å². The molecule has 0 aliphatic heterocycles. The highest BCUT2D eigenvalue weighted by atomic mass is 32.1. The molecule has 100 valence electrons. The third kappa shape index (κ3) is 3.81. The molecule has 0 radical (unpaired) electrons. The second-order valence-corrected chi connectivity index (χ2v) is 5.46. The number of nitrogens with one attached hydrogen (secondary N) is 1. The van der Waals surface area contributed by atoms with Crippen molar-refractivity contribution >= 4 is 16.9 Å². The number of thiazole rings is 1. The smallest absolute Gasteiger partial charge is 0.314 e. The molecular weight excluding hydrogens is 261 g/mol. The first-order valence-electron chi connectivity index (χ1n) is 5.90. The first kappa shape index (κ1) is 13.5. The van der Waals surface area contributed by atoms with Crippen LogP contribution in [-0.2, 0) is 6.18 Å². The quantitative estimate of drug-likeness (QED) is 0.829. The van der Waals surface area contributed by atoms with Crippen LogP contribution in [0.5, 0.6) is 0 Å². The van der Waals surface area contributed by atoms with Gasteiger partial charge in [0.1, 0.15) is 0 Å². The van der Waals surface area contributed by atoms with Crippen LogP contribution in [0.15, 0.2) is 12.3 Å². The van der Waals surface area contributed by atoms with Gasteiger partial charge in [-0.25, -0.2) is 4.98 Å². The number of hydrogen-bond donors (Lipinski definition) is 1. The van der Waals surface area contributed by atoms with Gasteiger partial charge in [-0.3, -0.25) is 0 Å². The predicted octanol–water partition coefficient (Wildman–Crippen LogP) is 3.71. The van der Waals surface area contributed by atoms with Gasteiger partial charge in [-0.2, -0.15) is 13.2 Å². The summed E-state index contributed by atoms with van der Waals surface area (Å²) in [4.78, 5) is 4.00. The Hall–Kier alpha value is -0.880. The monoisotopic (exact) mass is 276 g/mol. The fourth-order valence-electron chi connectivity index (χ4n) is 1.55. The summed E-state index contributed by atoms with van der Waals surface area (Å²) in [5, 5.41) is 2.58. The first-order valence-corrected chi connectivity index (χ1v) is 6.72. The molecular formula is C12H15F3N2S. The van der Waals surface area contributed by atoms with E-state index in [1.807, 2.05) is 13.0 Å². The lowest BCUT2D eigenvalue weighted by Gasteiger charge is -2.01. The van der Waals surface area contributed by atoms with Gasteiger partial charge in [-0.05, 0) is 38.3 Å². The number of rotatable bonds is 5. The summed E-state index contributed by atoms with van der Waals surface area (Å²) in [5.74, 6) is 0. The van der Waals surface area contributed by atoms with Gasteiger partial charge < -0.3 is 5.32 Å². The molecule has 1 aromatic rings. The van der Waals surface area contributed by atoms with Crippen LogP contribution >= 0.6 is 11.3 Å². The summed E-state index contributed by atoms with van der Waals surface area (Å²) in [7, 11) is 0. The van der Waals surface area contributed by atoms with Crippen molar-refractivity contribution in [2.75, 3.05) is 6.54 Å². The highest BCUT2D eigenvalue weighted by Crippen LogP contribution is 2.34. The zero-order valence-corrected chi connectivity index (χ0v) is 10.9. The summed E-state index contributed by atoms with van der Waals surface area (Å²) >= 11 is 0.700. The topological polar surface area (TPSA) is 24.9 Å². The van der Waals surface area contributed by atoms with E-state index in [-0.39, 0.29) is 0 Å². The molecule has 2 nitrogen and oxygen atoms in total. The van der Waals surface area contributed by atoms with Crippen LogP contribution < -0.4 is 5.32 Å². The van der Waals surface area contributed by atoms with E-state index >= 15 is 0 Å². The Morgan fingerprint density at radius 3 is 2.83 bits per heavy atom. The van der Waals surface area contributed by atoms with Crippen molar-refractivity contribution in [1.29, 1.82) is 0 Å². The lowest BCUT2D eigenvalue weighted by Crippen LogP contribution is -2.16. The molecule has 0 unspecified atom stereocenters. The van der Waals surface area contributed by atoms with Gasteiger partial charge in [0.25, 0.3) is 0 Å². The number of alkyl halides is 3. The molecule has 1 N–H and O–H groups in total. The van der Waals surface area contributed by atoms with Gasteiger partial charge >= 0.3 is 6.18 Å². The summed E-state index contributed by atoms with van der Waals surface area (Å²) < 4.78 is 37.2. The average molecular weight is 276 g/mol. The number of aromatic nitrogens is 1. The van der Waals surface area contributed by atoms with E-state index in [1.165, 1.54) is 19.0 Å². The maximum absolute atomic E-state index is 12.4. The maximum Gasteiger partial charge on any atom is 0.443 e. The van der Waals surface area contributed by atoms with Gasteiger partial charge in [0, 0.05) is 12.2 Å². The van der Waals surface area contributed by atoms with Crippen LogP contribution in [0.1, 0.15) is 36.1 Å². The van der Waals surface area contributed by atoms with Gasteiger partial charge in [-0.1, -0.05) is 6.08 Å². The van der Waals surface area contributed by atoms with Gasteiger partial charge in [0.05, 0.1) is 4.88 Å². The van der Waals surface area contributed by atoms with Crippen molar-refractivity contribution in [2.24, 2.45) is 0 Å². The molecule has 1 aromatic heterocycles. The molecule has 0 aromatic carbocycles. The van der Waals surface area contributed by atoms with E-state index in [2.05, 4.69) is 10.3 Å². The molecule has 1 aliphatic rings. The zero-order chi connectivity index (χ0) is 13.2. The van der Waals surface area contributed by atoms with Gasteiger partial charge in [0.2, 0.25) is 0 Å². The molecule has 0 atom stereocenters. The molecule has 0 spiro atoms. The van der Waals surface area contributed by atoms with Crippen LogP contribution in [0.25, 0.3) is 5.57 Å². The zero-order valence-electron chi connectivity index (χ0n) is 10.0. The minimum atomic E-state index is -4.34. The Labute approximate surface area is 108 Å². The summed E-state index contributed by atoms with van der Waals surface area (Å²) in [6.45, 7) is 2.71. The van der Waals surface area contributed by atoms with Crippen molar-refractivity contribution < 1.29 is 13.2 Å². The van der Waals surface area contributed by atoms with Crippen LogP contribution in [0.3, 0.4) is 0 Å². The van der Waals surface area contributed by atoms with E-state index < -0.39 is 11.2 Å². The number of hydrogen-bond acceptors (Lipinski definition) is 3. The van der Waals surface area contributed by atoms with Gasteiger partial charge in [0.15, 0.2) is 5.01 Å². The van der Waals surface area contributed by atoms with Crippen LogP contribution in [0, 0.1) is 0 Å². The molecule has 1 aliphatic carbocycles. The minimum absolute atomic E-state index is 0.591. The Balaban J connectivity index is 1.88. The van der Waals surface area contributed by atoms with Crippen LogP contribution in [0.4, 0.5) is 13.2 Å². The van der Waals surface area contributed by atoms with E-state index in [0.717, 1.165) is 18.5 Å². The Kier molecular flexibility index (Phi) is 4.07. The molecule has 0 bridgehead atoms. The first-order chi connectivity index (χ1) is 8.47. The second-order valence-electron chi connectivity index (χ2n) is 4.43. The van der Waals surface area contributed by atoms with Crippen molar-refractivity contribution in [3.63, 3.8) is 0 Å². The predicted molar refractivity (Wildman–Crippen MR) is 66.4 cm³/mol. The largest absolute Gasteiger partial charge is 0.443 e. The Bertz CT molecular complexity index is 433. The summed E-state index contributed by atoms with van der Waals surface area (Å²) in [6, 6.07) is 0.666. The number of halogens is 3. The molecule has 1 fully saturated rings. The van der Waals surface area contributed by atoms with Crippen molar-refractivity contribution in [3.05, 3.63) is 22.2 Å². The van der Waals surface area contributed by atoms with Crippen molar-refractivity contribution in [3.8, 4) is 0 Å². The standard InChI is InChI=1S/C12H15F3N2S/c1-8(3-2-6-16-9-4-5-9)10-7-17-11(18-10)12(13,14)15/h3,7,9,16H,2,4-6H2,1H3. The third-order valence-electron chi connectivity index (χ3n) is 2.74. The Morgan fingerprint density at radius 2 is 2.28 bits per heavy atom. The summed E-state index contributed by atoms with van der Waals surface area (Å²) in [6.07, 6.45) is 2.24. The van der Waals surface area contributed by atoms with E-state index in [4.69, 9.17) is 0 Å². The minimum Gasteiger partial charge on any atom is -0.314 e. The SMILES string of the molecule is CC(=CCCNC1CC1)c1cnc(C(F)(F)F)s1. The maximum atomic E-state index is 12.4. The van der Waals surface area contributed by atoms with E-state index in [1.54, 1.807) is 0 Å². The molecule has 0 amide bonds. The molecule has 6 heteroatoms. The fraction of sp³-hybridized carbons (Fsp3) is 0.583. The normalized spacial score (nSPS) is 17.2. The fourth-order valence-corrected chi connectivity index (χ4v) is 2.33.